The van der Waals surface area contributed by atoms with Gasteiger partial charge in [0, 0.05) is 21.7 Å². The van der Waals surface area contributed by atoms with Gasteiger partial charge >= 0.3 is 5.13 Å². The number of anilines is 1. The average Bonchev–Trinajstić information content (AvgIpc) is 3.09. The first kappa shape index (κ1) is 23.8. The smallest absolute Gasteiger partial charge is 0.335 e. The van der Waals surface area contributed by atoms with Gasteiger partial charge in [-0.3, -0.25) is 5.32 Å². The Balaban J connectivity index is 2.10. The van der Waals surface area contributed by atoms with Crippen LogP contribution in [0.5, 0.6) is 5.75 Å². The molecule has 2 N–H and O–H groups in total. The number of hydrogen-bond acceptors (Lipinski definition) is 5. The van der Waals surface area contributed by atoms with Gasteiger partial charge in [0.05, 0.1) is 17.3 Å². The number of nitrogens with one attached hydrogen (secondary N) is 2. The van der Waals surface area contributed by atoms with Gasteiger partial charge in [0.25, 0.3) is 0 Å². The fourth-order valence-electron chi connectivity index (χ4n) is 3.40. The van der Waals surface area contributed by atoms with Crippen molar-refractivity contribution < 1.29 is 9.30 Å². The van der Waals surface area contributed by atoms with Gasteiger partial charge in [-0.1, -0.05) is 56.5 Å². The first-order chi connectivity index (χ1) is 15.0. The molecule has 3 rings (SSSR count). The van der Waals surface area contributed by atoms with E-state index in [1.54, 1.807) is 17.4 Å². The maximum atomic E-state index is 7.64. The molecule has 0 aliphatic rings. The molecule has 0 bridgehead atoms. The number of fused-ring (bicyclic) bond motifs is 1. The number of hydrogen-bond donors (Lipinski definition) is 2. The van der Waals surface area contributed by atoms with Crippen LogP contribution in [0.4, 0.5) is 10.8 Å². The first-order valence-electron chi connectivity index (χ1n) is 10.7. The first-order valence-corrected chi connectivity index (χ1v) is 12.3. The Labute approximate surface area is 197 Å². The summed E-state index contributed by atoms with van der Waals surface area (Å²) in [5, 5.41) is 9.61. The Kier molecular flexibility index (Phi) is 8.52. The maximum Gasteiger partial charge on any atom is 0.335 e. The molecule has 2 aromatic carbocycles. The fraction of sp³-hybridized carbons (Fsp3) is 0.435. The number of nitrogens with zero attached hydrogens (tertiary/aromatic N) is 2. The van der Waals surface area contributed by atoms with Crippen LogP contribution >= 0.6 is 34.5 Å². The Morgan fingerprint density at radius 3 is 2.58 bits per heavy atom. The van der Waals surface area contributed by atoms with Crippen molar-refractivity contribution in [3.05, 3.63) is 45.9 Å². The number of benzene rings is 2. The third-order valence-electron chi connectivity index (χ3n) is 5.26. The number of thiazole rings is 1. The van der Waals surface area contributed by atoms with Crippen molar-refractivity contribution in [3.63, 3.8) is 0 Å². The quantitative estimate of drug-likeness (QED) is 0.166. The normalized spacial score (nSPS) is 11.3. The standard InChI is InChI=1S/C23H28Cl2N4OS/c1-4-7-10-27-23-29(14-15-8-9-16(24)11-18(15)25)20-13-21(30-17(5-2)6-3)19(28-26)12-22(20)31-23/h8-9,11-13,17,26H,4-7,10,14H2,1-3H3/p+1. The number of unbranched alkanes of at least 4 members (excludes halogenated alkanes) is 1. The summed E-state index contributed by atoms with van der Waals surface area (Å²) in [5.41, 5.74) is 10.2. The number of ether oxygens (including phenoxy) is 1. The fourth-order valence-corrected chi connectivity index (χ4v) is 4.97. The van der Waals surface area contributed by atoms with Crippen molar-refractivity contribution >= 4 is 55.6 Å². The van der Waals surface area contributed by atoms with Gasteiger partial charge in [0.15, 0.2) is 5.75 Å². The van der Waals surface area contributed by atoms with Crippen LogP contribution in [0.15, 0.2) is 35.4 Å². The molecule has 166 valence electrons. The lowest BCUT2D eigenvalue weighted by Crippen LogP contribution is -2.36. The molecule has 0 saturated carbocycles. The monoisotopic (exact) mass is 479 g/mol. The third-order valence-corrected chi connectivity index (χ3v) is 6.95. The topological polar surface area (TPSA) is 61.4 Å². The molecule has 0 unspecified atom stereocenters. The van der Waals surface area contributed by atoms with E-state index < -0.39 is 0 Å². The lowest BCUT2D eigenvalue weighted by atomic mass is 10.2. The molecule has 0 spiro atoms. The molecule has 0 amide bonds. The molecule has 0 atom stereocenters. The van der Waals surface area contributed by atoms with Crippen LogP contribution in [0.25, 0.3) is 10.2 Å². The van der Waals surface area contributed by atoms with Crippen molar-refractivity contribution in [2.45, 2.75) is 59.1 Å². The van der Waals surface area contributed by atoms with Gasteiger partial charge in [-0.05, 0) is 48.8 Å². The van der Waals surface area contributed by atoms with E-state index in [1.807, 2.05) is 24.3 Å². The van der Waals surface area contributed by atoms with Gasteiger partial charge in [0.2, 0.25) is 0 Å². The van der Waals surface area contributed by atoms with Crippen LogP contribution in [-0.4, -0.2) is 12.6 Å². The zero-order chi connectivity index (χ0) is 22.4. The molecule has 1 heterocycles. The van der Waals surface area contributed by atoms with E-state index in [4.69, 9.17) is 33.5 Å². The van der Waals surface area contributed by atoms with E-state index in [-0.39, 0.29) is 6.10 Å². The Morgan fingerprint density at radius 2 is 1.94 bits per heavy atom. The van der Waals surface area contributed by atoms with E-state index in [1.165, 1.54) is 0 Å². The molecule has 0 fully saturated rings. The molecule has 3 aromatic rings. The highest BCUT2D eigenvalue weighted by Gasteiger charge is 2.22. The van der Waals surface area contributed by atoms with E-state index >= 15 is 0 Å². The lowest BCUT2D eigenvalue weighted by molar-refractivity contribution is -0.644. The average molecular weight is 480 g/mol. The van der Waals surface area contributed by atoms with Crippen molar-refractivity contribution in [2.75, 3.05) is 11.9 Å². The summed E-state index contributed by atoms with van der Waals surface area (Å²) in [6.07, 6.45) is 4.11. The van der Waals surface area contributed by atoms with Crippen LogP contribution in [0.3, 0.4) is 0 Å². The van der Waals surface area contributed by atoms with E-state index in [0.29, 0.717) is 28.0 Å². The lowest BCUT2D eigenvalue weighted by Gasteiger charge is -2.16. The number of halogens is 2. The molecule has 31 heavy (non-hydrogen) atoms. The minimum atomic E-state index is 0.0953. The van der Waals surface area contributed by atoms with Crippen LogP contribution in [0.2, 0.25) is 10.0 Å². The molecular formula is C23H29Cl2N4OS+. The second-order valence-electron chi connectivity index (χ2n) is 7.47. The highest BCUT2D eigenvalue weighted by atomic mass is 35.5. The molecule has 0 saturated heterocycles. The predicted octanol–water partition coefficient (Wildman–Crippen LogP) is 7.99. The van der Waals surface area contributed by atoms with Crippen molar-refractivity contribution in [1.82, 2.24) is 0 Å². The van der Waals surface area contributed by atoms with Crippen LogP contribution < -0.4 is 14.6 Å². The summed E-state index contributed by atoms with van der Waals surface area (Å²) in [6.45, 7) is 7.88. The summed E-state index contributed by atoms with van der Waals surface area (Å²) in [6, 6.07) is 9.55. The highest BCUT2D eigenvalue weighted by Crippen LogP contribution is 2.37. The van der Waals surface area contributed by atoms with Gasteiger partial charge in [0.1, 0.15) is 17.7 Å². The largest absolute Gasteiger partial charge is 0.488 e. The zero-order valence-electron chi connectivity index (χ0n) is 18.2. The SMILES string of the molecule is CCCCNc1sc2cc(N=N)c(OC(CC)CC)cc2[n+]1Cc1ccc(Cl)cc1Cl. The molecule has 0 aliphatic carbocycles. The zero-order valence-corrected chi connectivity index (χ0v) is 20.5. The van der Waals surface area contributed by atoms with Crippen LogP contribution in [-0.2, 0) is 6.54 Å². The summed E-state index contributed by atoms with van der Waals surface area (Å²) in [4.78, 5) is 0. The molecule has 8 heteroatoms. The van der Waals surface area contributed by atoms with Gasteiger partial charge in [-0.25, -0.2) is 10.1 Å². The van der Waals surface area contributed by atoms with Gasteiger partial charge in [-0.15, -0.1) is 0 Å². The maximum absolute atomic E-state index is 7.64. The van der Waals surface area contributed by atoms with Crippen molar-refractivity contribution in [1.29, 1.82) is 5.53 Å². The van der Waals surface area contributed by atoms with Crippen LogP contribution in [0, 0.1) is 5.53 Å². The predicted molar refractivity (Wildman–Crippen MR) is 131 cm³/mol. The molecule has 1 aromatic heterocycles. The highest BCUT2D eigenvalue weighted by molar-refractivity contribution is 7.21. The number of aromatic nitrogens is 1. The Bertz CT molecular complexity index is 1050. The summed E-state index contributed by atoms with van der Waals surface area (Å²) in [5.74, 6) is 0.644. The van der Waals surface area contributed by atoms with E-state index in [9.17, 15) is 0 Å². The second kappa shape index (κ2) is 11.1. The minimum absolute atomic E-state index is 0.0953. The second-order valence-corrected chi connectivity index (χ2v) is 9.34. The van der Waals surface area contributed by atoms with E-state index in [0.717, 1.165) is 53.1 Å². The summed E-state index contributed by atoms with van der Waals surface area (Å²) in [7, 11) is 0. The minimum Gasteiger partial charge on any atom is -0.488 e. The molecule has 0 aliphatic heterocycles. The van der Waals surface area contributed by atoms with E-state index in [2.05, 4.69) is 35.8 Å². The van der Waals surface area contributed by atoms with Crippen molar-refractivity contribution in [3.8, 4) is 5.75 Å². The Hall–Kier alpha value is -1.89. The molecular weight excluding hydrogens is 451 g/mol. The van der Waals surface area contributed by atoms with Gasteiger partial charge < -0.3 is 4.74 Å². The molecule has 0 radical (unpaired) electrons. The Morgan fingerprint density at radius 1 is 1.16 bits per heavy atom. The van der Waals surface area contributed by atoms with Gasteiger partial charge in [-0.2, -0.15) is 5.11 Å². The molecule has 5 nitrogen and oxygen atoms in total. The van der Waals surface area contributed by atoms with Crippen molar-refractivity contribution in [2.24, 2.45) is 5.11 Å². The van der Waals surface area contributed by atoms with Crippen LogP contribution in [0.1, 0.15) is 52.0 Å². The summed E-state index contributed by atoms with van der Waals surface area (Å²) >= 11 is 14.2. The summed E-state index contributed by atoms with van der Waals surface area (Å²) < 4.78 is 9.48. The third kappa shape index (κ3) is 5.68. The number of rotatable bonds is 11.